The van der Waals surface area contributed by atoms with Gasteiger partial charge in [-0.2, -0.15) is 4.31 Å². The Morgan fingerprint density at radius 3 is 2.38 bits per heavy atom. The maximum atomic E-state index is 14.1. The largest absolute Gasteiger partial charge is 0.448 e. The molecule has 0 N–H and O–H groups in total. The lowest BCUT2D eigenvalue weighted by atomic mass is 9.93. The molecule has 0 saturated carbocycles. The molecule has 1 unspecified atom stereocenters. The summed E-state index contributed by atoms with van der Waals surface area (Å²) in [5.74, 6) is 0. The van der Waals surface area contributed by atoms with Crippen LogP contribution in [-0.2, 0) is 14.8 Å². The molecule has 2 atom stereocenters. The first-order valence-electron chi connectivity index (χ1n) is 14.4. The second-order valence-electron chi connectivity index (χ2n) is 11.4. The van der Waals surface area contributed by atoms with Gasteiger partial charge in [0.05, 0.1) is 17.0 Å². The van der Waals surface area contributed by atoms with Crippen molar-refractivity contribution in [2.24, 2.45) is 0 Å². The van der Waals surface area contributed by atoms with Gasteiger partial charge in [0.25, 0.3) is 0 Å². The second kappa shape index (κ2) is 12.6. The number of hydrogen-bond donors (Lipinski definition) is 0. The first kappa shape index (κ1) is 29.1. The number of rotatable bonds is 6. The lowest BCUT2D eigenvalue weighted by Gasteiger charge is -2.42. The first-order chi connectivity index (χ1) is 19.2. The van der Waals surface area contributed by atoms with Crippen LogP contribution < -0.4 is 0 Å². The van der Waals surface area contributed by atoms with Crippen LogP contribution in [0.25, 0.3) is 0 Å². The van der Waals surface area contributed by atoms with Crippen molar-refractivity contribution in [3.8, 4) is 0 Å². The number of nitrogens with zero attached hydrogens (tertiary/aromatic N) is 3. The van der Waals surface area contributed by atoms with Crippen molar-refractivity contribution in [2.45, 2.75) is 74.9 Å². The summed E-state index contributed by atoms with van der Waals surface area (Å²) in [4.78, 5) is 17.6. The average molecular weight is 586 g/mol. The molecule has 0 radical (unpaired) electrons. The fourth-order valence-corrected chi connectivity index (χ4v) is 8.34. The standard InChI is InChI=1S/C31H40ClN3O4S/c1-23-13-17-33(18-14-23)27-15-19-34(20-16-27)31(36)39-22-28-7-4-8-30(25-6-3-5-24(2)21-25)35(28)40(37,38)29-11-9-26(32)10-12-29/h3,5-6,9-12,21,27-28,30H,1,4,7-8,13-20,22H2,2H3/t28?,30-/m0/s1. The van der Waals surface area contributed by atoms with Crippen LogP contribution in [0.2, 0.25) is 5.02 Å². The number of likely N-dealkylation sites (tertiary alicyclic amines) is 2. The summed E-state index contributed by atoms with van der Waals surface area (Å²) in [6.45, 7) is 9.57. The van der Waals surface area contributed by atoms with Gasteiger partial charge in [-0.05, 0) is 81.7 Å². The van der Waals surface area contributed by atoms with E-state index in [9.17, 15) is 13.2 Å². The molecule has 3 aliphatic heterocycles. The zero-order chi connectivity index (χ0) is 28.3. The third-order valence-electron chi connectivity index (χ3n) is 8.64. The number of piperidine rings is 3. The summed E-state index contributed by atoms with van der Waals surface area (Å²) in [5.41, 5.74) is 3.36. The topological polar surface area (TPSA) is 70.2 Å². The Balaban J connectivity index is 1.28. The molecule has 2 aromatic carbocycles. The van der Waals surface area contributed by atoms with Gasteiger partial charge in [0, 0.05) is 37.2 Å². The van der Waals surface area contributed by atoms with Crippen molar-refractivity contribution in [1.29, 1.82) is 0 Å². The zero-order valence-corrected chi connectivity index (χ0v) is 24.9. The molecule has 1 amide bonds. The van der Waals surface area contributed by atoms with Gasteiger partial charge in [-0.3, -0.25) is 4.90 Å². The summed E-state index contributed by atoms with van der Waals surface area (Å²) in [5, 5.41) is 0.479. The molecular weight excluding hydrogens is 546 g/mol. The van der Waals surface area contributed by atoms with Crippen LogP contribution in [0.3, 0.4) is 0 Å². The molecule has 3 fully saturated rings. The van der Waals surface area contributed by atoms with Gasteiger partial charge < -0.3 is 9.64 Å². The quantitative estimate of drug-likeness (QED) is 0.378. The normalized spacial score (nSPS) is 23.8. The molecule has 216 valence electrons. The molecule has 0 spiro atoms. The van der Waals surface area contributed by atoms with E-state index in [1.165, 1.54) is 5.57 Å². The van der Waals surface area contributed by atoms with Crippen LogP contribution in [0.5, 0.6) is 0 Å². The second-order valence-corrected chi connectivity index (χ2v) is 13.7. The van der Waals surface area contributed by atoms with Gasteiger partial charge in [0.15, 0.2) is 0 Å². The van der Waals surface area contributed by atoms with Crippen LogP contribution in [0.15, 0.2) is 65.6 Å². The molecule has 7 nitrogen and oxygen atoms in total. The monoisotopic (exact) mass is 585 g/mol. The average Bonchev–Trinajstić information content (AvgIpc) is 2.96. The Kier molecular flexibility index (Phi) is 9.20. The number of aryl methyl sites for hydroxylation is 1. The fraction of sp³-hybridized carbons (Fsp3) is 0.516. The predicted molar refractivity (Wildman–Crippen MR) is 158 cm³/mol. The minimum absolute atomic E-state index is 0.0299. The number of carbonyl (C=O) groups excluding carboxylic acids is 1. The van der Waals surface area contributed by atoms with Crippen LogP contribution in [0.1, 0.15) is 62.1 Å². The number of benzene rings is 2. The van der Waals surface area contributed by atoms with Crippen LogP contribution in [0.4, 0.5) is 4.79 Å². The van der Waals surface area contributed by atoms with Crippen molar-refractivity contribution in [1.82, 2.24) is 14.1 Å². The molecule has 0 bridgehead atoms. The third-order valence-corrected chi connectivity index (χ3v) is 10.9. The van der Waals surface area contributed by atoms with Crippen molar-refractivity contribution in [2.75, 3.05) is 32.8 Å². The number of halogens is 1. The van der Waals surface area contributed by atoms with E-state index in [4.69, 9.17) is 16.3 Å². The predicted octanol–water partition coefficient (Wildman–Crippen LogP) is 6.19. The van der Waals surface area contributed by atoms with Crippen molar-refractivity contribution in [3.05, 3.63) is 76.8 Å². The molecule has 3 aliphatic rings. The molecule has 2 aromatic rings. The Morgan fingerprint density at radius 2 is 1.70 bits per heavy atom. The minimum atomic E-state index is -3.88. The molecule has 40 heavy (non-hydrogen) atoms. The maximum Gasteiger partial charge on any atom is 0.409 e. The van der Waals surface area contributed by atoms with E-state index in [0.717, 1.165) is 56.3 Å². The van der Waals surface area contributed by atoms with E-state index in [1.54, 1.807) is 33.5 Å². The molecule has 3 saturated heterocycles. The van der Waals surface area contributed by atoms with Crippen LogP contribution >= 0.6 is 11.6 Å². The number of amides is 1. The Hall–Kier alpha value is -2.39. The summed E-state index contributed by atoms with van der Waals surface area (Å²) in [6.07, 6.45) is 5.80. The molecule has 9 heteroatoms. The third kappa shape index (κ3) is 6.56. The van der Waals surface area contributed by atoms with E-state index in [-0.39, 0.29) is 23.6 Å². The lowest BCUT2D eigenvalue weighted by molar-refractivity contribution is 0.0465. The Bertz CT molecular complexity index is 1300. The van der Waals surface area contributed by atoms with E-state index in [2.05, 4.69) is 11.5 Å². The van der Waals surface area contributed by atoms with Gasteiger partial charge in [0.2, 0.25) is 10.0 Å². The molecule has 0 aliphatic carbocycles. The van der Waals surface area contributed by atoms with Crippen molar-refractivity contribution >= 4 is 27.7 Å². The number of ether oxygens (including phenoxy) is 1. The minimum Gasteiger partial charge on any atom is -0.448 e. The Morgan fingerprint density at radius 1 is 1.00 bits per heavy atom. The molecule has 5 rings (SSSR count). The van der Waals surface area contributed by atoms with E-state index >= 15 is 0 Å². The number of sulfonamides is 1. The maximum absolute atomic E-state index is 14.1. The van der Waals surface area contributed by atoms with Crippen LogP contribution in [-0.4, -0.2) is 73.5 Å². The first-order valence-corrected chi connectivity index (χ1v) is 16.2. The summed E-state index contributed by atoms with van der Waals surface area (Å²) in [6, 6.07) is 14.0. The van der Waals surface area contributed by atoms with Gasteiger partial charge >= 0.3 is 6.09 Å². The van der Waals surface area contributed by atoms with Crippen molar-refractivity contribution < 1.29 is 17.9 Å². The highest BCUT2D eigenvalue weighted by atomic mass is 35.5. The van der Waals surface area contributed by atoms with Crippen molar-refractivity contribution in [3.63, 3.8) is 0 Å². The number of carbonyl (C=O) groups is 1. The highest BCUT2D eigenvalue weighted by Gasteiger charge is 2.41. The van der Waals surface area contributed by atoms with Gasteiger partial charge in [0.1, 0.15) is 6.61 Å². The number of hydrogen-bond acceptors (Lipinski definition) is 5. The highest BCUT2D eigenvalue weighted by Crippen LogP contribution is 2.39. The smallest absolute Gasteiger partial charge is 0.409 e. The van der Waals surface area contributed by atoms with E-state index in [0.29, 0.717) is 37.0 Å². The lowest BCUT2D eigenvalue weighted by Crippen LogP contribution is -2.50. The zero-order valence-electron chi connectivity index (χ0n) is 23.3. The summed E-state index contributed by atoms with van der Waals surface area (Å²) in [7, 11) is -3.88. The molecule has 0 aromatic heterocycles. The van der Waals surface area contributed by atoms with E-state index < -0.39 is 16.1 Å². The SMILES string of the molecule is C=C1CCN(C2CCN(C(=O)OCC3CCC[C@@H](c4cccc(C)c4)N3S(=O)(=O)c3ccc(Cl)cc3)CC2)CC1. The molecular formula is C31H40ClN3O4S. The van der Waals surface area contributed by atoms with Gasteiger partial charge in [-0.1, -0.05) is 53.6 Å². The highest BCUT2D eigenvalue weighted by molar-refractivity contribution is 7.89. The fourth-order valence-electron chi connectivity index (χ4n) is 6.37. The van der Waals surface area contributed by atoms with E-state index in [1.807, 2.05) is 31.2 Å². The van der Waals surface area contributed by atoms with Gasteiger partial charge in [-0.25, -0.2) is 13.2 Å². The molecule has 3 heterocycles. The summed E-state index contributed by atoms with van der Waals surface area (Å²) >= 11 is 6.06. The summed E-state index contributed by atoms with van der Waals surface area (Å²) < 4.78 is 35.5. The van der Waals surface area contributed by atoms with Crippen LogP contribution in [0, 0.1) is 6.92 Å². The Labute approximate surface area is 243 Å². The van der Waals surface area contributed by atoms with Gasteiger partial charge in [-0.15, -0.1) is 0 Å².